The molecule has 0 bridgehead atoms. The number of aromatic nitrogens is 3. The van der Waals surface area contributed by atoms with Crippen LogP contribution in [0.5, 0.6) is 0 Å². The first kappa shape index (κ1) is 20.1. The van der Waals surface area contributed by atoms with Crippen LogP contribution in [0.4, 0.5) is 5.82 Å². The summed E-state index contributed by atoms with van der Waals surface area (Å²) >= 11 is 7.49. The number of halogens is 1. The van der Waals surface area contributed by atoms with Gasteiger partial charge < -0.3 is 0 Å². The Morgan fingerprint density at radius 2 is 2.11 bits per heavy atom. The highest BCUT2D eigenvalue weighted by Crippen LogP contribution is 2.42. The fourth-order valence-electron chi connectivity index (χ4n) is 2.49. The molecule has 2 aromatic heterocycles. The summed E-state index contributed by atoms with van der Waals surface area (Å²) in [6, 6.07) is 3.46. The minimum atomic E-state index is -0.785. The van der Waals surface area contributed by atoms with E-state index in [1.807, 2.05) is 31.4 Å². The van der Waals surface area contributed by atoms with Gasteiger partial charge in [-0.3, -0.25) is 19.2 Å². The SMILES string of the molecule is Cc1nn(C)cc1SNC(=O)c1ccc(N2C=CC(S(C)(C)C)N2)nc1Cl. The van der Waals surface area contributed by atoms with Gasteiger partial charge >= 0.3 is 0 Å². The number of carbonyl (C=O) groups is 1. The zero-order chi connectivity index (χ0) is 19.8. The van der Waals surface area contributed by atoms with E-state index in [9.17, 15) is 4.79 Å². The van der Waals surface area contributed by atoms with Gasteiger partial charge in [-0.1, -0.05) is 11.6 Å². The lowest BCUT2D eigenvalue weighted by atomic mass is 10.2. The van der Waals surface area contributed by atoms with Crippen molar-refractivity contribution in [2.45, 2.75) is 17.2 Å². The van der Waals surface area contributed by atoms with Crippen LogP contribution in [0.15, 0.2) is 35.5 Å². The summed E-state index contributed by atoms with van der Waals surface area (Å²) in [5.41, 5.74) is 4.58. The second-order valence-corrected chi connectivity index (χ2v) is 12.6. The van der Waals surface area contributed by atoms with E-state index >= 15 is 0 Å². The molecule has 27 heavy (non-hydrogen) atoms. The Labute approximate surface area is 170 Å². The molecule has 146 valence electrons. The van der Waals surface area contributed by atoms with Crippen molar-refractivity contribution in [2.75, 3.05) is 23.8 Å². The van der Waals surface area contributed by atoms with Gasteiger partial charge in [0.15, 0.2) is 0 Å². The Kier molecular flexibility index (Phi) is 5.76. The van der Waals surface area contributed by atoms with Crippen molar-refractivity contribution < 1.29 is 4.79 Å². The van der Waals surface area contributed by atoms with E-state index < -0.39 is 10.0 Å². The molecule has 1 unspecified atom stereocenters. The Balaban J connectivity index is 1.67. The van der Waals surface area contributed by atoms with Crippen LogP contribution in [0.3, 0.4) is 0 Å². The standard InChI is InChI=1S/C17H23ClN6OS2/c1-11-13(10-23(2)20-11)26-22-17(25)12-6-7-14(19-16(12)18)24-9-8-15(21-24)27(3,4)5/h6-10,15,21H,1-5H3,(H,22,25). The summed E-state index contributed by atoms with van der Waals surface area (Å²) in [4.78, 5) is 17.7. The molecule has 1 aliphatic rings. The Morgan fingerprint density at radius 3 is 2.67 bits per heavy atom. The van der Waals surface area contributed by atoms with Crippen molar-refractivity contribution in [3.05, 3.63) is 47.0 Å². The van der Waals surface area contributed by atoms with E-state index in [0.717, 1.165) is 10.6 Å². The largest absolute Gasteiger partial charge is 0.292 e. The fourth-order valence-corrected chi connectivity index (χ4v) is 4.40. The predicted octanol–water partition coefficient (Wildman–Crippen LogP) is 3.07. The third-order valence-electron chi connectivity index (χ3n) is 3.99. The van der Waals surface area contributed by atoms with Gasteiger partial charge in [0.05, 0.1) is 21.5 Å². The summed E-state index contributed by atoms with van der Waals surface area (Å²) in [5, 5.41) is 6.52. The second kappa shape index (κ2) is 7.75. The maximum Gasteiger partial charge on any atom is 0.264 e. The summed E-state index contributed by atoms with van der Waals surface area (Å²) in [5.74, 6) is 0.351. The molecule has 0 spiro atoms. The average Bonchev–Trinajstić information content (AvgIpc) is 3.19. The average molecular weight is 427 g/mol. The van der Waals surface area contributed by atoms with Crippen LogP contribution < -0.4 is 15.2 Å². The monoisotopic (exact) mass is 426 g/mol. The maximum atomic E-state index is 12.4. The van der Waals surface area contributed by atoms with Crippen LogP contribution in [0, 0.1) is 6.92 Å². The number of nitrogens with zero attached hydrogens (tertiary/aromatic N) is 4. The maximum absolute atomic E-state index is 12.4. The molecule has 0 fully saturated rings. The minimum absolute atomic E-state index is 0.162. The predicted molar refractivity (Wildman–Crippen MR) is 114 cm³/mol. The molecular formula is C17H23ClN6OS2. The summed E-state index contributed by atoms with van der Waals surface area (Å²) < 4.78 is 4.49. The van der Waals surface area contributed by atoms with E-state index in [-0.39, 0.29) is 16.4 Å². The van der Waals surface area contributed by atoms with Crippen molar-refractivity contribution in [3.63, 3.8) is 0 Å². The Bertz CT molecular complexity index is 892. The van der Waals surface area contributed by atoms with Crippen molar-refractivity contribution in [1.82, 2.24) is 24.9 Å². The van der Waals surface area contributed by atoms with Crippen molar-refractivity contribution in [2.24, 2.45) is 7.05 Å². The number of hydrazine groups is 1. The molecule has 3 rings (SSSR count). The summed E-state index contributed by atoms with van der Waals surface area (Å²) in [7, 11) is 1.05. The zero-order valence-electron chi connectivity index (χ0n) is 15.9. The second-order valence-electron chi connectivity index (χ2n) is 6.99. The van der Waals surface area contributed by atoms with Crippen LogP contribution >= 0.6 is 33.6 Å². The number of nitrogens with one attached hydrogen (secondary N) is 2. The normalized spacial score (nSPS) is 17.4. The number of carbonyl (C=O) groups excluding carboxylic acids is 1. The number of aryl methyl sites for hydroxylation is 2. The first-order chi connectivity index (χ1) is 12.6. The molecule has 0 aromatic carbocycles. The number of hydrogen-bond donors (Lipinski definition) is 2. The lowest BCUT2D eigenvalue weighted by Gasteiger charge is -2.33. The van der Waals surface area contributed by atoms with Crippen LogP contribution in [0.25, 0.3) is 0 Å². The van der Waals surface area contributed by atoms with Crippen LogP contribution in [0.2, 0.25) is 5.15 Å². The number of amides is 1. The van der Waals surface area contributed by atoms with Crippen molar-refractivity contribution in [1.29, 1.82) is 0 Å². The van der Waals surface area contributed by atoms with Crippen LogP contribution in [-0.2, 0) is 7.05 Å². The quantitative estimate of drug-likeness (QED) is 0.565. The third kappa shape index (κ3) is 4.60. The van der Waals surface area contributed by atoms with E-state index in [1.54, 1.807) is 16.8 Å². The van der Waals surface area contributed by atoms with Gasteiger partial charge in [0.2, 0.25) is 0 Å². The number of anilines is 1. The van der Waals surface area contributed by atoms with Gasteiger partial charge in [-0.15, -0.1) is 0 Å². The molecule has 2 aromatic rings. The topological polar surface area (TPSA) is 75.1 Å². The van der Waals surface area contributed by atoms with Crippen molar-refractivity contribution in [3.8, 4) is 0 Å². The molecule has 1 atom stereocenters. The minimum Gasteiger partial charge on any atom is -0.292 e. The van der Waals surface area contributed by atoms with Gasteiger partial charge in [0.1, 0.15) is 11.0 Å². The smallest absolute Gasteiger partial charge is 0.264 e. The van der Waals surface area contributed by atoms with Gasteiger partial charge in [0, 0.05) is 19.4 Å². The molecule has 10 heteroatoms. The number of rotatable bonds is 5. The third-order valence-corrected chi connectivity index (χ3v) is 6.97. The molecule has 0 saturated heterocycles. The van der Waals surface area contributed by atoms with E-state index in [0.29, 0.717) is 11.4 Å². The van der Waals surface area contributed by atoms with E-state index in [1.165, 1.54) is 11.9 Å². The molecule has 2 N–H and O–H groups in total. The van der Waals surface area contributed by atoms with Gasteiger partial charge in [0.25, 0.3) is 5.91 Å². The summed E-state index contributed by atoms with van der Waals surface area (Å²) in [6.07, 6.45) is 12.7. The lowest BCUT2D eigenvalue weighted by molar-refractivity contribution is 0.0984. The first-order valence-electron chi connectivity index (χ1n) is 8.20. The highest BCUT2D eigenvalue weighted by Gasteiger charge is 2.25. The van der Waals surface area contributed by atoms with E-state index in [4.69, 9.17) is 11.6 Å². The summed E-state index contributed by atoms with van der Waals surface area (Å²) in [6.45, 7) is 1.89. The molecule has 1 amide bonds. The number of hydrogen-bond acceptors (Lipinski definition) is 6. The lowest BCUT2D eigenvalue weighted by Crippen LogP contribution is -2.38. The highest BCUT2D eigenvalue weighted by molar-refractivity contribution is 8.32. The molecule has 0 aliphatic carbocycles. The van der Waals surface area contributed by atoms with E-state index in [2.05, 4.69) is 45.1 Å². The number of pyridine rings is 1. The zero-order valence-corrected chi connectivity index (χ0v) is 18.2. The molecule has 7 nitrogen and oxygen atoms in total. The van der Waals surface area contributed by atoms with Crippen LogP contribution in [-0.4, -0.2) is 44.8 Å². The Morgan fingerprint density at radius 1 is 1.37 bits per heavy atom. The molecule has 0 saturated carbocycles. The highest BCUT2D eigenvalue weighted by atomic mass is 35.5. The molecule has 1 aliphatic heterocycles. The molecule has 3 heterocycles. The van der Waals surface area contributed by atoms with Crippen LogP contribution in [0.1, 0.15) is 16.1 Å². The molecular weight excluding hydrogens is 404 g/mol. The van der Waals surface area contributed by atoms with Crippen molar-refractivity contribution >= 4 is 45.3 Å². The fraction of sp³-hybridized carbons (Fsp3) is 0.353. The van der Waals surface area contributed by atoms with Gasteiger partial charge in [-0.2, -0.15) is 5.10 Å². The first-order valence-corrected chi connectivity index (χ1v) is 12.3. The van der Waals surface area contributed by atoms with Gasteiger partial charge in [-0.05, 0) is 55.8 Å². The van der Waals surface area contributed by atoms with Gasteiger partial charge in [-0.25, -0.2) is 20.4 Å². The molecule has 0 radical (unpaired) electrons. The Hall–Kier alpha value is -1.68.